The third-order valence-electron chi connectivity index (χ3n) is 2.74. The number of rotatable bonds is 1. The Balaban J connectivity index is 3.37. The summed E-state index contributed by atoms with van der Waals surface area (Å²) in [5, 5.41) is 0. The van der Waals surface area contributed by atoms with Gasteiger partial charge in [-0.1, -0.05) is 0 Å². The number of carbonyl (C=O) groups excluding carboxylic acids is 1. The highest BCUT2D eigenvalue weighted by molar-refractivity contribution is 5.85. The number of hydrogen-bond donors (Lipinski definition) is 0. The zero-order valence-corrected chi connectivity index (χ0v) is 7.68. The first-order chi connectivity index (χ1) is 6.47. The van der Waals surface area contributed by atoms with Gasteiger partial charge in [-0.25, -0.2) is 0 Å². The van der Waals surface area contributed by atoms with Crippen molar-refractivity contribution < 1.29 is 31.1 Å². The van der Waals surface area contributed by atoms with Gasteiger partial charge in [-0.2, -0.15) is 26.3 Å². The Bertz CT molecular complexity index is 353. The summed E-state index contributed by atoms with van der Waals surface area (Å²) in [5.74, 6) is -4.50. The van der Waals surface area contributed by atoms with Gasteiger partial charge in [0.05, 0.1) is 0 Å². The largest absolute Gasteiger partial charge is 0.418 e. The zero-order chi connectivity index (χ0) is 12.2. The van der Waals surface area contributed by atoms with Crippen LogP contribution >= 0.6 is 0 Å². The highest BCUT2D eigenvalue weighted by Crippen LogP contribution is 2.62. The fourth-order valence-electron chi connectivity index (χ4n) is 1.57. The molecule has 0 fully saturated rings. The van der Waals surface area contributed by atoms with E-state index in [4.69, 9.17) is 0 Å². The van der Waals surface area contributed by atoms with Crippen LogP contribution in [0.15, 0.2) is 11.1 Å². The third kappa shape index (κ3) is 1.21. The van der Waals surface area contributed by atoms with E-state index in [0.717, 1.165) is 0 Å². The van der Waals surface area contributed by atoms with Crippen LogP contribution in [-0.2, 0) is 4.79 Å². The van der Waals surface area contributed by atoms with E-state index >= 15 is 0 Å². The van der Waals surface area contributed by atoms with Crippen molar-refractivity contribution in [3.63, 3.8) is 0 Å². The highest BCUT2D eigenvalue weighted by atomic mass is 19.4. The molecule has 7 heteroatoms. The van der Waals surface area contributed by atoms with Crippen molar-refractivity contribution in [1.82, 2.24) is 0 Å². The normalized spacial score (nSPS) is 30.1. The predicted molar refractivity (Wildman–Crippen MR) is 37.9 cm³/mol. The van der Waals surface area contributed by atoms with Crippen LogP contribution in [0.2, 0.25) is 0 Å². The second kappa shape index (κ2) is 2.76. The molecule has 0 aromatic rings. The number of carbonyl (C=O) groups is 1. The average Bonchev–Trinajstić information content (AvgIpc) is 1.98. The molecule has 86 valence electrons. The maximum atomic E-state index is 13.0. The lowest BCUT2D eigenvalue weighted by atomic mass is 9.62. The maximum Gasteiger partial charge on any atom is 0.418 e. The molecule has 0 saturated heterocycles. The fraction of sp³-hybridized carbons (Fsp3) is 0.625. The van der Waals surface area contributed by atoms with Crippen LogP contribution in [0.5, 0.6) is 0 Å². The Hall–Kier alpha value is -1.01. The third-order valence-corrected chi connectivity index (χ3v) is 2.74. The summed E-state index contributed by atoms with van der Waals surface area (Å²) < 4.78 is 74.6. The van der Waals surface area contributed by atoms with E-state index in [-0.39, 0.29) is 0 Å². The molecule has 0 aromatic heterocycles. The molecule has 1 aliphatic carbocycles. The monoisotopic (exact) mass is 232 g/mol. The van der Waals surface area contributed by atoms with E-state index in [1.165, 1.54) is 0 Å². The van der Waals surface area contributed by atoms with Gasteiger partial charge in [-0.3, -0.25) is 4.79 Å². The number of alkyl halides is 5. The van der Waals surface area contributed by atoms with Crippen molar-refractivity contribution in [2.45, 2.75) is 25.9 Å². The molecule has 1 nitrogen and oxygen atoms in total. The molecule has 0 spiro atoms. The van der Waals surface area contributed by atoms with Gasteiger partial charge in [0.2, 0.25) is 0 Å². The van der Waals surface area contributed by atoms with E-state index in [9.17, 15) is 31.1 Å². The fourth-order valence-corrected chi connectivity index (χ4v) is 1.57. The van der Waals surface area contributed by atoms with Gasteiger partial charge < -0.3 is 0 Å². The molecular weight excluding hydrogens is 226 g/mol. The average molecular weight is 232 g/mol. The van der Waals surface area contributed by atoms with Crippen molar-refractivity contribution in [3.8, 4) is 0 Å². The lowest BCUT2D eigenvalue weighted by Gasteiger charge is -2.46. The quantitative estimate of drug-likeness (QED) is 0.386. The summed E-state index contributed by atoms with van der Waals surface area (Å²) in [6.07, 6.45) is -5.25. The van der Waals surface area contributed by atoms with Crippen LogP contribution in [0.1, 0.15) is 13.8 Å². The number of halogens is 6. The molecule has 0 saturated carbocycles. The zero-order valence-electron chi connectivity index (χ0n) is 7.68. The molecule has 1 atom stereocenters. The smallest absolute Gasteiger partial charge is 0.260 e. The van der Waals surface area contributed by atoms with Crippen LogP contribution in [-0.4, -0.2) is 18.1 Å². The second-order valence-electron chi connectivity index (χ2n) is 3.47. The van der Waals surface area contributed by atoms with Crippen LogP contribution in [0.3, 0.4) is 0 Å². The van der Waals surface area contributed by atoms with Crippen molar-refractivity contribution in [2.75, 3.05) is 0 Å². The summed E-state index contributed by atoms with van der Waals surface area (Å²) in [7, 11) is 0. The van der Waals surface area contributed by atoms with Crippen molar-refractivity contribution >= 4 is 6.04 Å². The summed E-state index contributed by atoms with van der Waals surface area (Å²) in [4.78, 5) is 10.3. The maximum absolute atomic E-state index is 13.0. The lowest BCUT2D eigenvalue weighted by molar-refractivity contribution is -0.192. The first-order valence-corrected chi connectivity index (χ1v) is 3.84. The Morgan fingerprint density at radius 2 is 1.67 bits per heavy atom. The van der Waals surface area contributed by atoms with Crippen molar-refractivity contribution in [2.24, 2.45) is 5.41 Å². The van der Waals surface area contributed by atoms with Crippen LogP contribution in [0.25, 0.3) is 0 Å². The molecule has 0 aromatic carbocycles. The molecule has 0 N–H and O–H groups in total. The minimum Gasteiger partial charge on any atom is -0.260 e. The number of hydrogen-bond acceptors (Lipinski definition) is 1. The standard InChI is InChI=1S/C8H6F6O/c1-3-4(8(12,13)14)7(10,11)6(3,2)5(9)15/h1-2H3. The molecule has 1 rings (SSSR count). The van der Waals surface area contributed by atoms with Crippen LogP contribution in [0, 0.1) is 5.41 Å². The lowest BCUT2D eigenvalue weighted by Crippen LogP contribution is -2.58. The Kier molecular flexibility index (Phi) is 2.22. The summed E-state index contributed by atoms with van der Waals surface area (Å²) in [6, 6.07) is -2.46. The molecule has 15 heavy (non-hydrogen) atoms. The van der Waals surface area contributed by atoms with Gasteiger partial charge in [-0.15, -0.1) is 0 Å². The van der Waals surface area contributed by atoms with Crippen LogP contribution < -0.4 is 0 Å². The molecule has 0 bridgehead atoms. The van der Waals surface area contributed by atoms with E-state index < -0.39 is 34.7 Å². The predicted octanol–water partition coefficient (Wildman–Crippen LogP) is 3.02. The van der Waals surface area contributed by atoms with Crippen molar-refractivity contribution in [1.29, 1.82) is 0 Å². The molecule has 0 amide bonds. The minimum atomic E-state index is -5.25. The van der Waals surface area contributed by atoms with Gasteiger partial charge in [0, 0.05) is 0 Å². The van der Waals surface area contributed by atoms with Gasteiger partial charge in [0.15, 0.2) is 0 Å². The van der Waals surface area contributed by atoms with Gasteiger partial charge in [0.1, 0.15) is 11.0 Å². The molecule has 1 unspecified atom stereocenters. The van der Waals surface area contributed by atoms with E-state index in [1.54, 1.807) is 0 Å². The summed E-state index contributed by atoms with van der Waals surface area (Å²) in [5.41, 5.74) is -6.06. The van der Waals surface area contributed by atoms with Gasteiger partial charge >= 0.3 is 12.2 Å². The van der Waals surface area contributed by atoms with Crippen molar-refractivity contribution in [3.05, 3.63) is 11.1 Å². The van der Waals surface area contributed by atoms with Gasteiger partial charge in [0.25, 0.3) is 5.92 Å². The molecule has 1 aliphatic rings. The topological polar surface area (TPSA) is 17.1 Å². The SMILES string of the molecule is CC1=C(C(F)(F)F)C(F)(F)C1(C)C(=O)F. The second-order valence-corrected chi connectivity index (χ2v) is 3.47. The number of allylic oxidation sites excluding steroid dienone is 2. The Morgan fingerprint density at radius 3 is 1.87 bits per heavy atom. The van der Waals surface area contributed by atoms with Crippen LogP contribution in [0.4, 0.5) is 26.3 Å². The minimum absolute atomic E-state index is 0.458. The summed E-state index contributed by atoms with van der Waals surface area (Å²) >= 11 is 0. The Morgan fingerprint density at radius 1 is 1.27 bits per heavy atom. The van der Waals surface area contributed by atoms with E-state index in [1.807, 2.05) is 0 Å². The van der Waals surface area contributed by atoms with E-state index in [2.05, 4.69) is 0 Å². The first-order valence-electron chi connectivity index (χ1n) is 3.84. The molecule has 0 heterocycles. The summed E-state index contributed by atoms with van der Waals surface area (Å²) in [6.45, 7) is 1.14. The molecule has 0 aliphatic heterocycles. The highest BCUT2D eigenvalue weighted by Gasteiger charge is 2.74. The first kappa shape index (κ1) is 12.1. The Labute approximate surface area is 80.8 Å². The molecular formula is C8H6F6O. The van der Waals surface area contributed by atoms with E-state index in [0.29, 0.717) is 13.8 Å². The van der Waals surface area contributed by atoms with Gasteiger partial charge in [-0.05, 0) is 19.4 Å². The molecule has 0 radical (unpaired) electrons.